The second kappa shape index (κ2) is 6.73. The minimum absolute atomic E-state index is 0.578. The average molecular weight is 274 g/mol. The van der Waals surface area contributed by atoms with Crippen LogP contribution in [0.4, 0.5) is 5.69 Å². The van der Waals surface area contributed by atoms with Gasteiger partial charge >= 0.3 is 0 Å². The molecule has 0 spiro atoms. The second-order valence-electron chi connectivity index (χ2n) is 5.04. The molecule has 2 N–H and O–H groups in total. The summed E-state index contributed by atoms with van der Waals surface area (Å²) in [4.78, 5) is 3.72. The second-order valence-corrected chi connectivity index (χ2v) is 6.07. The van der Waals surface area contributed by atoms with Crippen molar-refractivity contribution in [1.29, 1.82) is 0 Å². The Bertz CT molecular complexity index is 474. The van der Waals surface area contributed by atoms with Crippen LogP contribution in [0, 0.1) is 0 Å². The zero-order valence-electron chi connectivity index (χ0n) is 11.7. The summed E-state index contributed by atoms with van der Waals surface area (Å²) in [6.07, 6.45) is 0. The van der Waals surface area contributed by atoms with Gasteiger partial charge in [-0.15, -0.1) is 11.3 Å². The minimum Gasteiger partial charge on any atom is -0.365 e. The van der Waals surface area contributed by atoms with E-state index in [0.29, 0.717) is 12.5 Å². The lowest BCUT2D eigenvalue weighted by atomic mass is 10.0. The predicted molar refractivity (Wildman–Crippen MR) is 85.0 cm³/mol. The van der Waals surface area contributed by atoms with Gasteiger partial charge in [-0.3, -0.25) is 0 Å². The summed E-state index contributed by atoms with van der Waals surface area (Å²) in [5.74, 6) is 0.578. The Morgan fingerprint density at radius 2 is 1.89 bits per heavy atom. The maximum atomic E-state index is 5.74. The zero-order chi connectivity index (χ0) is 13.7. The van der Waals surface area contributed by atoms with Gasteiger partial charge in [0.15, 0.2) is 0 Å². The van der Waals surface area contributed by atoms with Gasteiger partial charge < -0.3 is 10.6 Å². The minimum atomic E-state index is 0.578. The number of hydrogen-bond donors (Lipinski definition) is 1. The fourth-order valence-electron chi connectivity index (χ4n) is 2.12. The fraction of sp³-hybridized carbons (Fsp3) is 0.375. The van der Waals surface area contributed by atoms with Gasteiger partial charge in [-0.25, -0.2) is 0 Å². The molecule has 102 valence electrons. The lowest BCUT2D eigenvalue weighted by molar-refractivity contribution is 0.795. The molecule has 0 aliphatic heterocycles. The molecular formula is C16H22N2S. The Hall–Kier alpha value is -1.32. The quantitative estimate of drug-likeness (QED) is 0.867. The van der Waals surface area contributed by atoms with Crippen LogP contribution in [0.15, 0.2) is 41.8 Å². The lowest BCUT2D eigenvalue weighted by Crippen LogP contribution is -2.28. The molecule has 1 heterocycles. The normalized spacial score (nSPS) is 10.9. The van der Waals surface area contributed by atoms with Gasteiger partial charge in [0.05, 0.1) is 6.54 Å². The van der Waals surface area contributed by atoms with Crippen LogP contribution in [-0.2, 0) is 6.54 Å². The Balaban J connectivity index is 2.13. The van der Waals surface area contributed by atoms with E-state index < -0.39 is 0 Å². The molecule has 3 heteroatoms. The highest BCUT2D eigenvalue weighted by Gasteiger charge is 2.08. The first kappa shape index (κ1) is 14.1. The molecule has 2 rings (SSSR count). The van der Waals surface area contributed by atoms with E-state index in [-0.39, 0.29) is 0 Å². The molecule has 0 atom stereocenters. The molecular weight excluding hydrogens is 252 g/mol. The highest BCUT2D eigenvalue weighted by Crippen LogP contribution is 2.22. The van der Waals surface area contributed by atoms with Crippen LogP contribution in [0.3, 0.4) is 0 Å². The largest absolute Gasteiger partial charge is 0.365 e. The molecule has 0 saturated carbocycles. The summed E-state index contributed by atoms with van der Waals surface area (Å²) >= 11 is 1.80. The van der Waals surface area contributed by atoms with Crippen molar-refractivity contribution in [3.05, 3.63) is 52.2 Å². The molecule has 19 heavy (non-hydrogen) atoms. The van der Waals surface area contributed by atoms with E-state index in [2.05, 4.69) is 60.5 Å². The number of nitrogens with two attached hydrogens (primary N) is 1. The zero-order valence-corrected chi connectivity index (χ0v) is 12.5. The molecule has 0 fully saturated rings. The van der Waals surface area contributed by atoms with E-state index in [4.69, 9.17) is 5.73 Å². The topological polar surface area (TPSA) is 29.3 Å². The SMILES string of the molecule is CC(C)c1ccc(N(CCN)Cc2cccs2)cc1. The van der Waals surface area contributed by atoms with Crippen molar-refractivity contribution in [2.24, 2.45) is 5.73 Å². The van der Waals surface area contributed by atoms with Crippen molar-refractivity contribution < 1.29 is 0 Å². The van der Waals surface area contributed by atoms with Crippen molar-refractivity contribution in [2.45, 2.75) is 26.3 Å². The average Bonchev–Trinajstić information content (AvgIpc) is 2.91. The van der Waals surface area contributed by atoms with E-state index in [1.165, 1.54) is 16.1 Å². The third-order valence-corrected chi connectivity index (χ3v) is 4.11. The predicted octanol–water partition coefficient (Wildman–Crippen LogP) is 3.84. The van der Waals surface area contributed by atoms with Crippen molar-refractivity contribution in [1.82, 2.24) is 0 Å². The smallest absolute Gasteiger partial charge is 0.0523 e. The van der Waals surface area contributed by atoms with Crippen LogP contribution >= 0.6 is 11.3 Å². The summed E-state index contributed by atoms with van der Waals surface area (Å²) < 4.78 is 0. The van der Waals surface area contributed by atoms with Crippen LogP contribution in [0.2, 0.25) is 0 Å². The van der Waals surface area contributed by atoms with Gasteiger partial charge in [0.1, 0.15) is 0 Å². The molecule has 1 aromatic heterocycles. The van der Waals surface area contributed by atoms with E-state index in [0.717, 1.165) is 13.1 Å². The Kier molecular flexibility index (Phi) is 5.00. The first-order valence-corrected chi connectivity index (χ1v) is 7.66. The van der Waals surface area contributed by atoms with Gasteiger partial charge in [-0.1, -0.05) is 32.0 Å². The van der Waals surface area contributed by atoms with Gasteiger partial charge in [0.25, 0.3) is 0 Å². The van der Waals surface area contributed by atoms with E-state index in [1.54, 1.807) is 11.3 Å². The van der Waals surface area contributed by atoms with E-state index in [9.17, 15) is 0 Å². The Morgan fingerprint density at radius 3 is 2.42 bits per heavy atom. The first-order valence-electron chi connectivity index (χ1n) is 6.78. The number of hydrogen-bond acceptors (Lipinski definition) is 3. The van der Waals surface area contributed by atoms with Crippen LogP contribution in [0.25, 0.3) is 0 Å². The summed E-state index contributed by atoms with van der Waals surface area (Å²) in [6, 6.07) is 13.1. The Morgan fingerprint density at radius 1 is 1.16 bits per heavy atom. The van der Waals surface area contributed by atoms with E-state index >= 15 is 0 Å². The van der Waals surface area contributed by atoms with Gasteiger partial charge in [-0.05, 0) is 35.1 Å². The van der Waals surface area contributed by atoms with Crippen LogP contribution in [0.1, 0.15) is 30.2 Å². The maximum absolute atomic E-state index is 5.74. The Labute approximate surface area is 119 Å². The molecule has 0 amide bonds. The molecule has 0 unspecified atom stereocenters. The number of nitrogens with zero attached hydrogens (tertiary/aromatic N) is 1. The van der Waals surface area contributed by atoms with Gasteiger partial charge in [-0.2, -0.15) is 0 Å². The fourth-order valence-corrected chi connectivity index (χ4v) is 2.84. The molecule has 2 nitrogen and oxygen atoms in total. The molecule has 0 saturated heterocycles. The number of thiophene rings is 1. The van der Waals surface area contributed by atoms with Crippen molar-refractivity contribution in [2.75, 3.05) is 18.0 Å². The van der Waals surface area contributed by atoms with Crippen LogP contribution < -0.4 is 10.6 Å². The molecule has 2 aromatic rings. The summed E-state index contributed by atoms with van der Waals surface area (Å²) in [5.41, 5.74) is 8.37. The highest BCUT2D eigenvalue weighted by atomic mass is 32.1. The van der Waals surface area contributed by atoms with Crippen LogP contribution in [-0.4, -0.2) is 13.1 Å². The van der Waals surface area contributed by atoms with Gasteiger partial charge in [0, 0.05) is 23.7 Å². The van der Waals surface area contributed by atoms with Crippen LogP contribution in [0.5, 0.6) is 0 Å². The standard InChI is InChI=1S/C16H22N2S/c1-13(2)14-5-7-15(8-6-14)18(10-9-17)12-16-4-3-11-19-16/h3-8,11,13H,9-10,12,17H2,1-2H3. The summed E-state index contributed by atoms with van der Waals surface area (Å²) in [5, 5.41) is 2.12. The monoisotopic (exact) mass is 274 g/mol. The molecule has 0 radical (unpaired) electrons. The third-order valence-electron chi connectivity index (χ3n) is 3.25. The van der Waals surface area contributed by atoms with Crippen molar-refractivity contribution in [3.63, 3.8) is 0 Å². The molecule has 0 aliphatic rings. The van der Waals surface area contributed by atoms with Crippen molar-refractivity contribution >= 4 is 17.0 Å². The molecule has 0 bridgehead atoms. The molecule has 1 aromatic carbocycles. The summed E-state index contributed by atoms with van der Waals surface area (Å²) in [6.45, 7) is 6.95. The first-order chi connectivity index (χ1) is 9.20. The maximum Gasteiger partial charge on any atom is 0.0523 e. The molecule has 0 aliphatic carbocycles. The number of rotatable bonds is 6. The number of benzene rings is 1. The van der Waals surface area contributed by atoms with E-state index in [1.807, 2.05) is 0 Å². The third kappa shape index (κ3) is 3.82. The van der Waals surface area contributed by atoms with Crippen molar-refractivity contribution in [3.8, 4) is 0 Å². The van der Waals surface area contributed by atoms with Gasteiger partial charge in [0.2, 0.25) is 0 Å². The highest BCUT2D eigenvalue weighted by molar-refractivity contribution is 7.09. The summed E-state index contributed by atoms with van der Waals surface area (Å²) in [7, 11) is 0. The number of anilines is 1. The lowest BCUT2D eigenvalue weighted by Gasteiger charge is -2.24.